The first kappa shape index (κ1) is 9.72. The van der Waals surface area contributed by atoms with Crippen LogP contribution in [0.2, 0.25) is 0 Å². The average molecular weight is 205 g/mol. The summed E-state index contributed by atoms with van der Waals surface area (Å²) in [5.41, 5.74) is 1.33. The van der Waals surface area contributed by atoms with Crippen LogP contribution < -0.4 is 0 Å². The lowest BCUT2D eigenvalue weighted by Crippen LogP contribution is -2.04. The van der Waals surface area contributed by atoms with Gasteiger partial charge in [-0.2, -0.15) is 0 Å². The van der Waals surface area contributed by atoms with E-state index in [1.807, 2.05) is 0 Å². The third kappa shape index (κ3) is 2.35. The molecule has 15 heavy (non-hydrogen) atoms. The number of aliphatic hydroxyl groups excluding tert-OH is 1. The molecule has 0 saturated heterocycles. The maximum atomic E-state index is 9.82. The first-order valence-electron chi connectivity index (χ1n) is 4.55. The molecular weight excluding hydrogens is 194 g/mol. The molecule has 2 heterocycles. The molecule has 0 spiro atoms. The van der Waals surface area contributed by atoms with E-state index in [1.165, 1.54) is 6.33 Å². The second-order valence-corrected chi connectivity index (χ2v) is 3.24. The summed E-state index contributed by atoms with van der Waals surface area (Å²) >= 11 is 0. The van der Waals surface area contributed by atoms with Gasteiger partial charge in [-0.3, -0.25) is 4.68 Å². The monoisotopic (exact) mass is 205 g/mol. The van der Waals surface area contributed by atoms with Crippen LogP contribution in [0.25, 0.3) is 0 Å². The number of hydrogen-bond acceptors (Lipinski definition) is 5. The summed E-state index contributed by atoms with van der Waals surface area (Å²) in [6.45, 7) is 0. The topological polar surface area (TPSA) is 76.7 Å². The first-order chi connectivity index (χ1) is 7.25. The third-order valence-electron chi connectivity index (χ3n) is 2.00. The van der Waals surface area contributed by atoms with E-state index in [0.717, 1.165) is 5.69 Å². The van der Waals surface area contributed by atoms with Crippen molar-refractivity contribution < 1.29 is 5.11 Å². The lowest BCUT2D eigenvalue weighted by atomic mass is 10.1. The van der Waals surface area contributed by atoms with Crippen molar-refractivity contribution >= 4 is 0 Å². The van der Waals surface area contributed by atoms with Gasteiger partial charge in [0.1, 0.15) is 12.4 Å². The molecule has 0 bridgehead atoms. The normalized spacial score (nSPS) is 12.7. The Morgan fingerprint density at radius 2 is 2.40 bits per heavy atom. The average Bonchev–Trinajstić information content (AvgIpc) is 2.65. The first-order valence-corrected chi connectivity index (χ1v) is 4.55. The minimum absolute atomic E-state index is 0.408. The van der Waals surface area contributed by atoms with E-state index in [0.29, 0.717) is 12.1 Å². The predicted molar refractivity (Wildman–Crippen MR) is 51.7 cm³/mol. The third-order valence-corrected chi connectivity index (χ3v) is 2.00. The Bertz CT molecular complexity index is 427. The molecule has 6 nitrogen and oxygen atoms in total. The summed E-state index contributed by atoms with van der Waals surface area (Å²) in [7, 11) is 1.79. The lowest BCUT2D eigenvalue weighted by Gasteiger charge is -2.06. The van der Waals surface area contributed by atoms with Gasteiger partial charge >= 0.3 is 0 Å². The molecule has 0 fully saturated rings. The molecule has 2 aromatic heterocycles. The van der Waals surface area contributed by atoms with E-state index < -0.39 is 6.10 Å². The van der Waals surface area contributed by atoms with Crippen LogP contribution >= 0.6 is 0 Å². The molecule has 0 aliphatic carbocycles. The Labute approximate surface area is 86.6 Å². The molecule has 0 amide bonds. The van der Waals surface area contributed by atoms with Gasteiger partial charge in [0.05, 0.1) is 11.4 Å². The molecule has 0 radical (unpaired) electrons. The molecule has 2 rings (SSSR count). The van der Waals surface area contributed by atoms with Gasteiger partial charge in [0.2, 0.25) is 0 Å². The van der Waals surface area contributed by atoms with Gasteiger partial charge in [0, 0.05) is 25.9 Å². The van der Waals surface area contributed by atoms with E-state index >= 15 is 0 Å². The van der Waals surface area contributed by atoms with Crippen molar-refractivity contribution in [1.82, 2.24) is 25.0 Å². The van der Waals surface area contributed by atoms with Crippen molar-refractivity contribution in [3.8, 4) is 0 Å². The molecule has 0 saturated carbocycles. The molecule has 0 aliphatic heterocycles. The quantitative estimate of drug-likeness (QED) is 0.756. The molecule has 1 atom stereocenters. The second-order valence-electron chi connectivity index (χ2n) is 3.24. The van der Waals surface area contributed by atoms with Crippen molar-refractivity contribution in [3.05, 3.63) is 36.2 Å². The van der Waals surface area contributed by atoms with Crippen LogP contribution in [-0.2, 0) is 13.5 Å². The van der Waals surface area contributed by atoms with E-state index in [2.05, 4.69) is 20.3 Å². The Hall–Kier alpha value is -1.82. The highest BCUT2D eigenvalue weighted by Gasteiger charge is 2.11. The molecule has 0 aliphatic rings. The number of nitrogens with zero attached hydrogens (tertiary/aromatic N) is 5. The fourth-order valence-corrected chi connectivity index (χ4v) is 1.29. The summed E-state index contributed by atoms with van der Waals surface area (Å²) in [4.78, 5) is 7.75. The number of hydrogen-bond donors (Lipinski definition) is 1. The molecule has 2 aromatic rings. The standard InChI is InChI=1S/C9H11N5O/c1-14-5-7(12-13-14)4-9(15)8-2-3-10-6-11-8/h2-3,5-6,9,15H,4H2,1H3. The number of rotatable bonds is 3. The maximum Gasteiger partial charge on any atom is 0.115 e. The highest BCUT2D eigenvalue weighted by Crippen LogP contribution is 2.13. The Morgan fingerprint density at radius 3 is 3.00 bits per heavy atom. The van der Waals surface area contributed by atoms with E-state index in [9.17, 15) is 5.11 Å². The highest BCUT2D eigenvalue weighted by atomic mass is 16.3. The summed E-state index contributed by atoms with van der Waals surface area (Å²) in [5, 5.41) is 17.5. The molecule has 6 heteroatoms. The van der Waals surface area contributed by atoms with Gasteiger partial charge < -0.3 is 5.11 Å². The van der Waals surface area contributed by atoms with Gasteiger partial charge in [0.15, 0.2) is 0 Å². The number of aryl methyl sites for hydroxylation is 1. The van der Waals surface area contributed by atoms with Gasteiger partial charge in [-0.05, 0) is 6.07 Å². The SMILES string of the molecule is Cn1cc(CC(O)c2ccncn2)nn1. The Kier molecular flexibility index (Phi) is 2.68. The largest absolute Gasteiger partial charge is 0.386 e. The summed E-state index contributed by atoms with van der Waals surface area (Å²) in [6, 6.07) is 1.68. The molecular formula is C9H11N5O. The Morgan fingerprint density at radius 1 is 1.53 bits per heavy atom. The van der Waals surface area contributed by atoms with Crippen LogP contribution in [0.3, 0.4) is 0 Å². The van der Waals surface area contributed by atoms with E-state index in [4.69, 9.17) is 0 Å². The Balaban J connectivity index is 2.07. The summed E-state index contributed by atoms with van der Waals surface area (Å²) in [6.07, 6.45) is 4.52. The van der Waals surface area contributed by atoms with Crippen molar-refractivity contribution in [3.63, 3.8) is 0 Å². The van der Waals surface area contributed by atoms with Crippen molar-refractivity contribution in [1.29, 1.82) is 0 Å². The van der Waals surface area contributed by atoms with Crippen LogP contribution in [0.5, 0.6) is 0 Å². The van der Waals surface area contributed by atoms with E-state index in [1.54, 1.807) is 30.2 Å². The molecule has 1 N–H and O–H groups in total. The maximum absolute atomic E-state index is 9.82. The van der Waals surface area contributed by atoms with Gasteiger partial charge in [-0.25, -0.2) is 9.97 Å². The fraction of sp³-hybridized carbons (Fsp3) is 0.333. The summed E-state index contributed by atoms with van der Waals surface area (Å²) < 4.78 is 1.60. The smallest absolute Gasteiger partial charge is 0.115 e. The number of aliphatic hydroxyl groups is 1. The predicted octanol–water partition coefficient (Wildman–Crippen LogP) is -0.119. The fourth-order valence-electron chi connectivity index (χ4n) is 1.29. The summed E-state index contributed by atoms with van der Waals surface area (Å²) in [5.74, 6) is 0. The van der Waals surface area contributed by atoms with Crippen LogP contribution in [0.15, 0.2) is 24.8 Å². The van der Waals surface area contributed by atoms with Gasteiger partial charge in [-0.15, -0.1) is 5.10 Å². The molecule has 0 aromatic carbocycles. The van der Waals surface area contributed by atoms with Crippen LogP contribution in [-0.4, -0.2) is 30.1 Å². The highest BCUT2D eigenvalue weighted by molar-refractivity contribution is 5.06. The van der Waals surface area contributed by atoms with Crippen molar-refractivity contribution in [2.45, 2.75) is 12.5 Å². The number of aromatic nitrogens is 5. The minimum atomic E-state index is -0.662. The second kappa shape index (κ2) is 4.14. The van der Waals surface area contributed by atoms with Gasteiger partial charge in [0.25, 0.3) is 0 Å². The van der Waals surface area contributed by atoms with Crippen molar-refractivity contribution in [2.24, 2.45) is 7.05 Å². The molecule has 78 valence electrons. The van der Waals surface area contributed by atoms with Crippen LogP contribution in [0.1, 0.15) is 17.5 Å². The zero-order valence-corrected chi connectivity index (χ0v) is 8.28. The van der Waals surface area contributed by atoms with Crippen LogP contribution in [0.4, 0.5) is 0 Å². The van der Waals surface area contributed by atoms with E-state index in [-0.39, 0.29) is 0 Å². The van der Waals surface area contributed by atoms with Gasteiger partial charge in [-0.1, -0.05) is 5.21 Å². The van der Waals surface area contributed by atoms with Crippen molar-refractivity contribution in [2.75, 3.05) is 0 Å². The zero-order valence-electron chi connectivity index (χ0n) is 8.28. The molecule has 1 unspecified atom stereocenters. The minimum Gasteiger partial charge on any atom is -0.386 e. The zero-order chi connectivity index (χ0) is 10.7. The lowest BCUT2D eigenvalue weighted by molar-refractivity contribution is 0.172. The van der Waals surface area contributed by atoms with Crippen LogP contribution in [0, 0.1) is 0 Å².